The molecular formula is C22H19N3O3S. The molecule has 4 N–H and O–H groups in total. The molecule has 0 saturated carbocycles. The quantitative estimate of drug-likeness (QED) is 0.370. The molecule has 0 aliphatic rings. The van der Waals surface area contributed by atoms with Gasteiger partial charge in [-0.15, -0.1) is 11.3 Å². The number of nitrogens with zero attached hydrogens (tertiary/aromatic N) is 2. The maximum Gasteiger partial charge on any atom is 0.227 e. The number of phenols is 2. The number of anilines is 2. The third-order valence-electron chi connectivity index (χ3n) is 4.39. The molecular weight excluding hydrogens is 386 g/mol. The molecule has 7 heteroatoms. The lowest BCUT2D eigenvalue weighted by Crippen LogP contribution is -1.99. The molecule has 1 unspecified atom stereocenters. The first-order valence-electron chi connectivity index (χ1n) is 9.00. The van der Waals surface area contributed by atoms with E-state index in [4.69, 9.17) is 0 Å². The number of hydrogen-bond acceptors (Lipinski definition) is 7. The second-order valence-electron chi connectivity index (χ2n) is 6.56. The first kappa shape index (κ1) is 18.9. The zero-order valence-corrected chi connectivity index (χ0v) is 16.4. The summed E-state index contributed by atoms with van der Waals surface area (Å²) in [5, 5.41) is 32.5. The van der Waals surface area contributed by atoms with Gasteiger partial charge in [0.05, 0.1) is 16.7 Å². The predicted molar refractivity (Wildman–Crippen MR) is 114 cm³/mol. The van der Waals surface area contributed by atoms with Gasteiger partial charge in [0, 0.05) is 28.4 Å². The van der Waals surface area contributed by atoms with Crippen LogP contribution in [0.25, 0.3) is 21.0 Å². The molecule has 2 aromatic carbocycles. The van der Waals surface area contributed by atoms with Crippen molar-refractivity contribution < 1.29 is 15.3 Å². The van der Waals surface area contributed by atoms with Gasteiger partial charge in [-0.25, -0.2) is 9.97 Å². The van der Waals surface area contributed by atoms with Crippen molar-refractivity contribution in [1.29, 1.82) is 0 Å². The van der Waals surface area contributed by atoms with E-state index in [1.54, 1.807) is 25.3 Å². The van der Waals surface area contributed by atoms with E-state index in [0.717, 1.165) is 26.7 Å². The maximum atomic E-state index is 10.1. The Bertz CT molecular complexity index is 1160. The Hall–Kier alpha value is -3.42. The highest BCUT2D eigenvalue weighted by Gasteiger charge is 2.11. The van der Waals surface area contributed by atoms with Gasteiger partial charge >= 0.3 is 0 Å². The maximum absolute atomic E-state index is 10.1. The summed E-state index contributed by atoms with van der Waals surface area (Å²) in [5.41, 5.74) is 3.01. The Morgan fingerprint density at radius 2 is 1.79 bits per heavy atom. The number of nitrogens with one attached hydrogen (secondary N) is 1. The molecule has 0 aliphatic carbocycles. The molecule has 2 aromatic heterocycles. The van der Waals surface area contributed by atoms with Gasteiger partial charge in [0.2, 0.25) is 5.95 Å². The van der Waals surface area contributed by atoms with Gasteiger partial charge in [-0.1, -0.05) is 12.1 Å². The third-order valence-corrected chi connectivity index (χ3v) is 5.53. The van der Waals surface area contributed by atoms with Crippen LogP contribution in [-0.2, 0) is 0 Å². The lowest BCUT2D eigenvalue weighted by Gasteiger charge is -2.09. The van der Waals surface area contributed by atoms with Gasteiger partial charge in [-0.05, 0) is 55.0 Å². The lowest BCUT2D eigenvalue weighted by molar-refractivity contribution is 0.199. The van der Waals surface area contributed by atoms with Crippen LogP contribution in [0.2, 0.25) is 0 Å². The summed E-state index contributed by atoms with van der Waals surface area (Å²) in [6.45, 7) is 1.72. The van der Waals surface area contributed by atoms with Gasteiger partial charge in [0.15, 0.2) is 0 Å². The summed E-state index contributed by atoms with van der Waals surface area (Å²) in [6, 6.07) is 17.7. The molecule has 2 heterocycles. The van der Waals surface area contributed by atoms with Crippen LogP contribution in [-0.4, -0.2) is 25.3 Å². The van der Waals surface area contributed by atoms with Gasteiger partial charge in [-0.2, -0.15) is 0 Å². The highest BCUT2D eigenvalue weighted by atomic mass is 32.1. The number of aliphatic hydroxyl groups excluding tert-OH is 1. The highest BCUT2D eigenvalue weighted by molar-refractivity contribution is 7.18. The Balaban J connectivity index is 1.59. The largest absolute Gasteiger partial charge is 0.508 e. The number of thiophene rings is 1. The van der Waals surface area contributed by atoms with Crippen molar-refractivity contribution in [3.05, 3.63) is 72.4 Å². The molecule has 6 nitrogen and oxygen atoms in total. The van der Waals surface area contributed by atoms with E-state index in [-0.39, 0.29) is 11.5 Å². The fraction of sp³-hybridized carbons (Fsp3) is 0.0909. The number of aromatic hydroxyl groups is 2. The van der Waals surface area contributed by atoms with E-state index < -0.39 is 6.10 Å². The molecule has 4 rings (SSSR count). The molecule has 0 saturated heterocycles. The molecule has 29 heavy (non-hydrogen) atoms. The number of phenolic OH excluding ortho intramolecular Hbond substituents is 2. The molecule has 146 valence electrons. The van der Waals surface area contributed by atoms with Crippen LogP contribution >= 0.6 is 11.3 Å². The van der Waals surface area contributed by atoms with E-state index in [9.17, 15) is 15.3 Å². The van der Waals surface area contributed by atoms with Crippen LogP contribution in [0, 0.1) is 0 Å². The fourth-order valence-electron chi connectivity index (χ4n) is 2.91. The normalized spacial score (nSPS) is 11.9. The second kappa shape index (κ2) is 7.90. The summed E-state index contributed by atoms with van der Waals surface area (Å²) < 4.78 is 0. The average Bonchev–Trinajstić information content (AvgIpc) is 3.18. The van der Waals surface area contributed by atoms with E-state index >= 15 is 0 Å². The highest BCUT2D eigenvalue weighted by Crippen LogP contribution is 2.39. The summed E-state index contributed by atoms with van der Waals surface area (Å²) in [4.78, 5) is 10.7. The van der Waals surface area contributed by atoms with Crippen LogP contribution in [0.1, 0.15) is 18.6 Å². The monoisotopic (exact) mass is 405 g/mol. The first-order valence-corrected chi connectivity index (χ1v) is 9.82. The van der Waals surface area contributed by atoms with E-state index in [1.165, 1.54) is 17.4 Å². The molecule has 0 bridgehead atoms. The Morgan fingerprint density at radius 1 is 0.966 bits per heavy atom. The second-order valence-corrected chi connectivity index (χ2v) is 7.64. The predicted octanol–water partition coefficient (Wildman–Crippen LogP) is 5.08. The Morgan fingerprint density at radius 3 is 2.59 bits per heavy atom. The topological polar surface area (TPSA) is 98.5 Å². The lowest BCUT2D eigenvalue weighted by atomic mass is 10.1. The fourth-order valence-corrected chi connectivity index (χ4v) is 3.92. The van der Waals surface area contributed by atoms with E-state index in [2.05, 4.69) is 15.3 Å². The van der Waals surface area contributed by atoms with E-state index in [1.807, 2.05) is 42.5 Å². The standard InChI is InChI=1S/C22H19N3O3S/c1-13(26)14-3-2-4-15(11-14)24-22-23-10-9-18(25-22)21-8-7-20(29-21)17-6-5-16(27)12-19(17)28/h2-13,26-28H,1H3,(H,23,24,25). The number of rotatable bonds is 5. The van der Waals surface area contributed by atoms with Crippen LogP contribution < -0.4 is 5.32 Å². The number of hydrogen-bond donors (Lipinski definition) is 4. The van der Waals surface area contributed by atoms with Crippen molar-refractivity contribution in [3.8, 4) is 32.5 Å². The van der Waals surface area contributed by atoms with Gasteiger partial charge in [-0.3, -0.25) is 0 Å². The van der Waals surface area contributed by atoms with Gasteiger partial charge in [0.25, 0.3) is 0 Å². The van der Waals surface area contributed by atoms with Crippen molar-refractivity contribution in [2.45, 2.75) is 13.0 Å². The van der Waals surface area contributed by atoms with Gasteiger partial charge < -0.3 is 20.6 Å². The molecule has 0 radical (unpaired) electrons. The van der Waals surface area contributed by atoms with Crippen molar-refractivity contribution in [3.63, 3.8) is 0 Å². The van der Waals surface area contributed by atoms with Crippen molar-refractivity contribution in [2.24, 2.45) is 0 Å². The molecule has 0 fully saturated rings. The third kappa shape index (κ3) is 4.21. The smallest absolute Gasteiger partial charge is 0.227 e. The molecule has 0 spiro atoms. The summed E-state index contributed by atoms with van der Waals surface area (Å²) in [5.74, 6) is 0.503. The molecule has 0 aliphatic heterocycles. The van der Waals surface area contributed by atoms with Crippen molar-refractivity contribution >= 4 is 23.0 Å². The molecule has 0 amide bonds. The Kier molecular flexibility index (Phi) is 5.16. The van der Waals surface area contributed by atoms with Crippen LogP contribution in [0.3, 0.4) is 0 Å². The van der Waals surface area contributed by atoms with Gasteiger partial charge in [0.1, 0.15) is 11.5 Å². The van der Waals surface area contributed by atoms with E-state index in [0.29, 0.717) is 11.5 Å². The van der Waals surface area contributed by atoms with Crippen LogP contribution in [0.4, 0.5) is 11.6 Å². The number of aliphatic hydroxyl groups is 1. The minimum absolute atomic E-state index is 0.0224. The zero-order chi connectivity index (χ0) is 20.4. The molecule has 1 atom stereocenters. The van der Waals surface area contributed by atoms with Crippen molar-refractivity contribution in [1.82, 2.24) is 9.97 Å². The zero-order valence-electron chi connectivity index (χ0n) is 15.6. The molecule has 4 aromatic rings. The minimum Gasteiger partial charge on any atom is -0.508 e. The number of aromatic nitrogens is 2. The summed E-state index contributed by atoms with van der Waals surface area (Å²) >= 11 is 1.49. The van der Waals surface area contributed by atoms with Crippen LogP contribution in [0.5, 0.6) is 11.5 Å². The van der Waals surface area contributed by atoms with Crippen LogP contribution in [0.15, 0.2) is 66.9 Å². The average molecular weight is 405 g/mol. The Labute approximate surface area is 171 Å². The van der Waals surface area contributed by atoms with Crippen molar-refractivity contribution in [2.75, 3.05) is 5.32 Å². The first-order chi connectivity index (χ1) is 14.0. The number of benzene rings is 2. The minimum atomic E-state index is -0.551. The summed E-state index contributed by atoms with van der Waals surface area (Å²) in [7, 11) is 0. The SMILES string of the molecule is CC(O)c1cccc(Nc2nccc(-c3ccc(-c4ccc(O)cc4O)s3)n2)c1. The summed E-state index contributed by atoms with van der Waals surface area (Å²) in [6.07, 6.45) is 1.13.